The van der Waals surface area contributed by atoms with Crippen LogP contribution in [0, 0.1) is 25.7 Å². The second kappa shape index (κ2) is 20.4. The van der Waals surface area contributed by atoms with Gasteiger partial charge in [-0.15, -0.1) is 0 Å². The van der Waals surface area contributed by atoms with Gasteiger partial charge in [-0.3, -0.25) is 14.6 Å². The lowest BCUT2D eigenvalue weighted by Crippen LogP contribution is -2.49. The molecule has 5 rings (SSSR count). The predicted molar refractivity (Wildman–Crippen MR) is 225 cm³/mol. The molecule has 0 spiro atoms. The topological polar surface area (TPSA) is 99.6 Å². The summed E-state index contributed by atoms with van der Waals surface area (Å²) in [5, 5.41) is 6.04. The molecule has 2 amide bonds. The van der Waals surface area contributed by atoms with Crippen LogP contribution in [0.1, 0.15) is 154 Å². The highest BCUT2D eigenvalue weighted by molar-refractivity contribution is 6.08. The minimum atomic E-state index is -0.562. The van der Waals surface area contributed by atoms with Gasteiger partial charge in [0.1, 0.15) is 11.6 Å². The number of benzene rings is 1. The lowest BCUT2D eigenvalue weighted by molar-refractivity contribution is -0.123. The number of amides is 2. The summed E-state index contributed by atoms with van der Waals surface area (Å²) in [4.78, 5) is 42.4. The quantitative estimate of drug-likeness (QED) is 0.135. The number of aliphatic imine (C=N–C) groups is 1. The Morgan fingerprint density at radius 1 is 1.00 bits per heavy atom. The summed E-state index contributed by atoms with van der Waals surface area (Å²) in [5.74, 6) is 2.68. The van der Waals surface area contributed by atoms with Crippen LogP contribution in [0.5, 0.6) is 0 Å². The normalized spacial score (nSPS) is 17.1. The fourth-order valence-corrected chi connectivity index (χ4v) is 6.61. The minimum Gasteiger partial charge on any atom is -0.355 e. The standard InChI is InChI=1S/C34H42N6O2.C7H16.C4H10/c1-8-10-13-36-27-18-28(38-31(21(27)4)39-30-17-25(32(41)35-7)20(3)19-37-30)23-11-12-26-29(16-23)40(33(42)34(26,5)6)24-14-22(9-2)15-24;1-3-5-7-6-4-2;1-4(2)3/h11-13,16-19,22,24H,8-10,14-15H2,1-7H3,(H,35,41)(H,37,38,39);3-7H2,1-2H3;4H,1-3H3. The molecule has 3 heterocycles. The zero-order valence-electron chi connectivity index (χ0n) is 34.9. The van der Waals surface area contributed by atoms with Gasteiger partial charge in [0.2, 0.25) is 5.91 Å². The first-order chi connectivity index (χ1) is 25.2. The van der Waals surface area contributed by atoms with Gasteiger partial charge in [-0.1, -0.05) is 106 Å². The monoisotopic (exact) mass is 725 g/mol. The molecule has 2 aliphatic rings. The van der Waals surface area contributed by atoms with Gasteiger partial charge in [-0.2, -0.15) is 0 Å². The van der Waals surface area contributed by atoms with E-state index in [0.29, 0.717) is 23.1 Å². The molecule has 1 fully saturated rings. The molecule has 3 aromatic rings. The largest absolute Gasteiger partial charge is 0.355 e. The third-order valence-corrected chi connectivity index (χ3v) is 10.1. The molecule has 0 bridgehead atoms. The van der Waals surface area contributed by atoms with E-state index in [-0.39, 0.29) is 17.9 Å². The molecular formula is C45H68N6O2. The molecule has 1 aliphatic heterocycles. The van der Waals surface area contributed by atoms with Crippen molar-refractivity contribution in [2.75, 3.05) is 17.3 Å². The maximum atomic E-state index is 13.6. The number of carbonyl (C=O) groups excluding carboxylic acids is 2. The SMILES string of the molecule is CC(C)C.CCCC=Nc1cc(-c2ccc3c(c2)N(C2CC(CC)C2)C(=O)C3(C)C)nc(Nc2cc(C(=O)NC)c(C)cn2)c1C.CCCCCCC. The number of anilines is 3. The molecular weight excluding hydrogens is 657 g/mol. The summed E-state index contributed by atoms with van der Waals surface area (Å²) < 4.78 is 0. The van der Waals surface area contributed by atoms with E-state index in [4.69, 9.17) is 9.98 Å². The Hall–Kier alpha value is -4.07. The smallest absolute Gasteiger partial charge is 0.251 e. The van der Waals surface area contributed by atoms with E-state index in [0.717, 1.165) is 77.3 Å². The Morgan fingerprint density at radius 3 is 2.25 bits per heavy atom. The van der Waals surface area contributed by atoms with Gasteiger partial charge in [0, 0.05) is 47.9 Å². The number of aromatic nitrogens is 2. The molecule has 0 radical (unpaired) electrons. The Labute approximate surface area is 321 Å². The first-order valence-corrected chi connectivity index (χ1v) is 20.2. The highest BCUT2D eigenvalue weighted by Crippen LogP contribution is 2.48. The number of fused-ring (bicyclic) bond motifs is 1. The van der Waals surface area contributed by atoms with Gasteiger partial charge in [0.15, 0.2) is 0 Å². The van der Waals surface area contributed by atoms with E-state index in [2.05, 4.69) is 87.2 Å². The van der Waals surface area contributed by atoms with Crippen LogP contribution in [-0.4, -0.2) is 41.1 Å². The van der Waals surface area contributed by atoms with Crippen LogP contribution in [0.25, 0.3) is 11.3 Å². The Morgan fingerprint density at radius 2 is 1.66 bits per heavy atom. The molecule has 1 aliphatic carbocycles. The van der Waals surface area contributed by atoms with Crippen molar-refractivity contribution in [3.05, 3.63) is 58.8 Å². The molecule has 1 saturated carbocycles. The van der Waals surface area contributed by atoms with Crippen LogP contribution in [-0.2, 0) is 10.2 Å². The maximum Gasteiger partial charge on any atom is 0.251 e. The van der Waals surface area contributed by atoms with Crippen molar-refractivity contribution >= 4 is 41.0 Å². The average Bonchev–Trinajstić information content (AvgIpc) is 3.30. The fourth-order valence-electron chi connectivity index (χ4n) is 6.61. The molecule has 1 aromatic carbocycles. The van der Waals surface area contributed by atoms with Gasteiger partial charge < -0.3 is 15.5 Å². The molecule has 2 N–H and O–H groups in total. The van der Waals surface area contributed by atoms with Crippen LogP contribution in [0.15, 0.2) is 41.5 Å². The Kier molecular flexibility index (Phi) is 16.7. The second-order valence-corrected chi connectivity index (χ2v) is 15.9. The van der Waals surface area contributed by atoms with E-state index in [1.165, 1.54) is 32.1 Å². The molecule has 0 atom stereocenters. The fraction of sp³-hybridized carbons (Fsp3) is 0.578. The summed E-state index contributed by atoms with van der Waals surface area (Å²) in [6.07, 6.45) is 15.8. The molecule has 8 nitrogen and oxygen atoms in total. The Balaban J connectivity index is 0.000000601. The van der Waals surface area contributed by atoms with Crippen LogP contribution in [0.2, 0.25) is 0 Å². The Bertz CT molecular complexity index is 1680. The number of pyridine rings is 2. The molecule has 0 unspecified atom stereocenters. The number of nitrogens with one attached hydrogen (secondary N) is 2. The molecule has 2 aromatic heterocycles. The lowest BCUT2D eigenvalue weighted by Gasteiger charge is -2.41. The molecule has 290 valence electrons. The van der Waals surface area contributed by atoms with E-state index in [1.54, 1.807) is 19.3 Å². The van der Waals surface area contributed by atoms with Crippen molar-refractivity contribution in [2.45, 2.75) is 152 Å². The van der Waals surface area contributed by atoms with Crippen LogP contribution >= 0.6 is 0 Å². The first kappa shape index (κ1) is 43.3. The van der Waals surface area contributed by atoms with E-state index < -0.39 is 5.41 Å². The minimum absolute atomic E-state index is 0.168. The summed E-state index contributed by atoms with van der Waals surface area (Å²) >= 11 is 0. The number of aryl methyl sites for hydroxylation is 1. The maximum absolute atomic E-state index is 13.6. The number of hydrogen-bond acceptors (Lipinski definition) is 6. The third kappa shape index (κ3) is 11.2. The van der Waals surface area contributed by atoms with Crippen LogP contribution in [0.3, 0.4) is 0 Å². The van der Waals surface area contributed by atoms with Crippen molar-refractivity contribution in [2.24, 2.45) is 16.8 Å². The number of nitrogens with zero attached hydrogens (tertiary/aromatic N) is 4. The number of carbonyl (C=O) groups is 2. The van der Waals surface area contributed by atoms with E-state index in [9.17, 15) is 9.59 Å². The highest BCUT2D eigenvalue weighted by Gasteiger charge is 2.49. The molecule has 8 heteroatoms. The zero-order chi connectivity index (χ0) is 39.3. The number of rotatable bonds is 13. The van der Waals surface area contributed by atoms with E-state index >= 15 is 0 Å². The summed E-state index contributed by atoms with van der Waals surface area (Å²) in [6, 6.07) is 10.3. The van der Waals surface area contributed by atoms with Crippen molar-refractivity contribution < 1.29 is 9.59 Å². The third-order valence-electron chi connectivity index (χ3n) is 10.1. The van der Waals surface area contributed by atoms with Gasteiger partial charge in [-0.25, -0.2) is 9.97 Å². The average molecular weight is 725 g/mol. The number of unbranched alkanes of at least 4 members (excludes halogenated alkanes) is 5. The lowest BCUT2D eigenvalue weighted by atomic mass is 9.77. The van der Waals surface area contributed by atoms with Crippen molar-refractivity contribution in [1.29, 1.82) is 0 Å². The van der Waals surface area contributed by atoms with Gasteiger partial charge >= 0.3 is 0 Å². The van der Waals surface area contributed by atoms with Gasteiger partial charge in [0.25, 0.3) is 5.91 Å². The first-order valence-electron chi connectivity index (χ1n) is 20.2. The zero-order valence-corrected chi connectivity index (χ0v) is 34.9. The molecule has 0 saturated heterocycles. The van der Waals surface area contributed by atoms with Crippen molar-refractivity contribution in [3.63, 3.8) is 0 Å². The van der Waals surface area contributed by atoms with Crippen LogP contribution in [0.4, 0.5) is 23.0 Å². The van der Waals surface area contributed by atoms with Gasteiger partial charge in [-0.05, 0) is 88.1 Å². The predicted octanol–water partition coefficient (Wildman–Crippen LogP) is 11.8. The van der Waals surface area contributed by atoms with Crippen molar-refractivity contribution in [3.8, 4) is 11.3 Å². The van der Waals surface area contributed by atoms with Crippen molar-refractivity contribution in [1.82, 2.24) is 15.3 Å². The summed E-state index contributed by atoms with van der Waals surface area (Å²) in [7, 11) is 1.62. The molecule has 53 heavy (non-hydrogen) atoms. The summed E-state index contributed by atoms with van der Waals surface area (Å²) in [5.41, 5.74) is 6.21. The summed E-state index contributed by atoms with van der Waals surface area (Å²) in [6.45, 7) is 23.2. The highest BCUT2D eigenvalue weighted by atomic mass is 16.2. The second-order valence-electron chi connectivity index (χ2n) is 15.9. The number of hydrogen-bond donors (Lipinski definition) is 2. The van der Waals surface area contributed by atoms with Crippen LogP contribution < -0.4 is 15.5 Å². The van der Waals surface area contributed by atoms with E-state index in [1.807, 2.05) is 40.0 Å². The van der Waals surface area contributed by atoms with Gasteiger partial charge in [0.05, 0.1) is 16.8 Å².